The molecule has 0 bridgehead atoms. The molecule has 1 heterocycles. The van der Waals surface area contributed by atoms with Crippen LogP contribution >= 0.6 is 0 Å². The Morgan fingerprint density at radius 2 is 2.08 bits per heavy atom. The minimum atomic E-state index is 0.475. The average Bonchev–Trinajstić information content (AvgIpc) is 2.53. The molecule has 1 saturated heterocycles. The summed E-state index contributed by atoms with van der Waals surface area (Å²) in [5.74, 6) is 0.874. The van der Waals surface area contributed by atoms with Gasteiger partial charge in [-0.05, 0) is 19.1 Å². The van der Waals surface area contributed by atoms with Crippen molar-refractivity contribution in [2.75, 3.05) is 6.54 Å². The van der Waals surface area contributed by atoms with E-state index in [1.165, 1.54) is 0 Å². The van der Waals surface area contributed by atoms with Crippen LogP contribution in [0.3, 0.4) is 0 Å². The second-order valence-electron chi connectivity index (χ2n) is 3.22. The van der Waals surface area contributed by atoms with E-state index in [2.05, 4.69) is 22.5 Å². The van der Waals surface area contributed by atoms with Crippen LogP contribution in [-0.2, 0) is 0 Å². The van der Waals surface area contributed by atoms with Gasteiger partial charge in [-0.2, -0.15) is 0 Å². The Balaban J connectivity index is 2.13. The number of guanidine groups is 1. The number of hydrogen-bond acceptors (Lipinski definition) is 1. The summed E-state index contributed by atoms with van der Waals surface area (Å²) < 4.78 is 0. The first-order valence-electron chi connectivity index (χ1n) is 4.49. The van der Waals surface area contributed by atoms with Gasteiger partial charge in [-0.1, -0.05) is 18.2 Å². The molecule has 0 spiro atoms. The lowest BCUT2D eigenvalue weighted by Gasteiger charge is -1.99. The highest BCUT2D eigenvalue weighted by Crippen LogP contribution is 2.09. The third-order valence-corrected chi connectivity index (χ3v) is 1.96. The van der Waals surface area contributed by atoms with Gasteiger partial charge in [-0.25, -0.2) is 4.99 Å². The van der Waals surface area contributed by atoms with Crippen molar-refractivity contribution in [1.29, 1.82) is 0 Å². The fourth-order valence-corrected chi connectivity index (χ4v) is 1.29. The maximum atomic E-state index is 4.40. The van der Waals surface area contributed by atoms with E-state index >= 15 is 0 Å². The molecule has 1 unspecified atom stereocenters. The Morgan fingerprint density at radius 1 is 1.31 bits per heavy atom. The van der Waals surface area contributed by atoms with Gasteiger partial charge in [-0.3, -0.25) is 0 Å². The van der Waals surface area contributed by atoms with Crippen LogP contribution in [-0.4, -0.2) is 18.5 Å². The molecule has 2 N–H and O–H groups in total. The van der Waals surface area contributed by atoms with Crippen LogP contribution in [0.25, 0.3) is 0 Å². The quantitative estimate of drug-likeness (QED) is 0.674. The van der Waals surface area contributed by atoms with E-state index in [1.54, 1.807) is 0 Å². The SMILES string of the molecule is CC1CNC(=Nc2ccccc2)N1. The van der Waals surface area contributed by atoms with E-state index in [0.29, 0.717) is 6.04 Å². The van der Waals surface area contributed by atoms with Crippen molar-refractivity contribution in [2.24, 2.45) is 4.99 Å². The highest BCUT2D eigenvalue weighted by molar-refractivity contribution is 5.84. The van der Waals surface area contributed by atoms with Crippen LogP contribution in [0.1, 0.15) is 6.92 Å². The molecule has 3 nitrogen and oxygen atoms in total. The van der Waals surface area contributed by atoms with Crippen LogP contribution in [0.4, 0.5) is 5.69 Å². The molecule has 1 aromatic carbocycles. The minimum absolute atomic E-state index is 0.475. The second kappa shape index (κ2) is 3.47. The predicted octanol–water partition coefficient (Wildman–Crippen LogP) is 1.26. The molecule has 0 saturated carbocycles. The first-order chi connectivity index (χ1) is 6.34. The topological polar surface area (TPSA) is 36.4 Å². The molecule has 1 aliphatic rings. The third-order valence-electron chi connectivity index (χ3n) is 1.96. The maximum absolute atomic E-state index is 4.40. The molecule has 1 fully saturated rings. The molecule has 1 aliphatic heterocycles. The van der Waals surface area contributed by atoms with Crippen LogP contribution < -0.4 is 10.6 Å². The maximum Gasteiger partial charge on any atom is 0.196 e. The van der Waals surface area contributed by atoms with E-state index in [0.717, 1.165) is 18.2 Å². The highest BCUT2D eigenvalue weighted by Gasteiger charge is 2.12. The van der Waals surface area contributed by atoms with Crippen molar-refractivity contribution >= 4 is 11.6 Å². The largest absolute Gasteiger partial charge is 0.354 e. The van der Waals surface area contributed by atoms with Crippen molar-refractivity contribution in [3.8, 4) is 0 Å². The Kier molecular flexibility index (Phi) is 2.17. The van der Waals surface area contributed by atoms with Gasteiger partial charge in [-0.15, -0.1) is 0 Å². The summed E-state index contributed by atoms with van der Waals surface area (Å²) in [6, 6.07) is 10.4. The zero-order valence-electron chi connectivity index (χ0n) is 7.62. The number of nitrogens with zero attached hydrogens (tertiary/aromatic N) is 1. The molecule has 0 aromatic heterocycles. The van der Waals surface area contributed by atoms with Gasteiger partial charge in [0.1, 0.15) is 0 Å². The molecule has 1 aromatic rings. The molecule has 68 valence electrons. The molecular weight excluding hydrogens is 162 g/mol. The predicted molar refractivity (Wildman–Crippen MR) is 54.1 cm³/mol. The standard InChI is InChI=1S/C10H13N3/c1-8-7-11-10(12-8)13-9-5-3-2-4-6-9/h2-6,8H,7H2,1H3,(H2,11,12,13). The van der Waals surface area contributed by atoms with Crippen molar-refractivity contribution < 1.29 is 0 Å². The molecule has 1 atom stereocenters. The summed E-state index contributed by atoms with van der Waals surface area (Å²) in [6.45, 7) is 3.08. The van der Waals surface area contributed by atoms with Crippen LogP contribution in [0, 0.1) is 0 Å². The van der Waals surface area contributed by atoms with E-state index in [4.69, 9.17) is 0 Å². The molecule has 0 amide bonds. The zero-order chi connectivity index (χ0) is 9.10. The fraction of sp³-hybridized carbons (Fsp3) is 0.300. The molecule has 13 heavy (non-hydrogen) atoms. The van der Waals surface area contributed by atoms with Crippen LogP contribution in [0.2, 0.25) is 0 Å². The fourth-order valence-electron chi connectivity index (χ4n) is 1.29. The van der Waals surface area contributed by atoms with E-state index in [9.17, 15) is 0 Å². The Labute approximate surface area is 77.9 Å². The Hall–Kier alpha value is -1.51. The number of aliphatic imine (C=N–C) groups is 1. The van der Waals surface area contributed by atoms with Crippen molar-refractivity contribution in [1.82, 2.24) is 10.6 Å². The molecule has 3 heteroatoms. The number of nitrogens with one attached hydrogen (secondary N) is 2. The lowest BCUT2D eigenvalue weighted by molar-refractivity contribution is 0.723. The van der Waals surface area contributed by atoms with E-state index < -0.39 is 0 Å². The lowest BCUT2D eigenvalue weighted by atomic mass is 10.3. The summed E-state index contributed by atoms with van der Waals surface area (Å²) >= 11 is 0. The van der Waals surface area contributed by atoms with E-state index in [-0.39, 0.29) is 0 Å². The number of rotatable bonds is 1. The highest BCUT2D eigenvalue weighted by atomic mass is 15.2. The van der Waals surface area contributed by atoms with Crippen LogP contribution in [0.5, 0.6) is 0 Å². The van der Waals surface area contributed by atoms with Gasteiger partial charge in [0.05, 0.1) is 5.69 Å². The number of para-hydroxylation sites is 1. The third kappa shape index (κ3) is 1.99. The molecular formula is C10H13N3. The van der Waals surface area contributed by atoms with Crippen molar-refractivity contribution in [3.05, 3.63) is 30.3 Å². The van der Waals surface area contributed by atoms with Gasteiger partial charge in [0, 0.05) is 12.6 Å². The van der Waals surface area contributed by atoms with Gasteiger partial charge >= 0.3 is 0 Å². The smallest absolute Gasteiger partial charge is 0.196 e. The molecule has 0 radical (unpaired) electrons. The zero-order valence-corrected chi connectivity index (χ0v) is 7.62. The Bertz CT molecular complexity index is 305. The van der Waals surface area contributed by atoms with Crippen molar-refractivity contribution in [2.45, 2.75) is 13.0 Å². The summed E-state index contributed by atoms with van der Waals surface area (Å²) in [5.41, 5.74) is 0.978. The van der Waals surface area contributed by atoms with Crippen LogP contribution in [0.15, 0.2) is 35.3 Å². The first kappa shape index (κ1) is 8.10. The summed E-state index contributed by atoms with van der Waals surface area (Å²) in [6.07, 6.45) is 0. The first-order valence-corrected chi connectivity index (χ1v) is 4.49. The lowest BCUT2D eigenvalue weighted by Crippen LogP contribution is -2.25. The monoisotopic (exact) mass is 175 g/mol. The summed E-state index contributed by atoms with van der Waals surface area (Å²) in [4.78, 5) is 4.40. The van der Waals surface area contributed by atoms with Gasteiger partial charge < -0.3 is 10.6 Å². The molecule has 2 rings (SSSR count). The second-order valence-corrected chi connectivity index (χ2v) is 3.22. The average molecular weight is 175 g/mol. The summed E-state index contributed by atoms with van der Waals surface area (Å²) in [5, 5.41) is 6.43. The Morgan fingerprint density at radius 3 is 2.69 bits per heavy atom. The summed E-state index contributed by atoms with van der Waals surface area (Å²) in [7, 11) is 0. The van der Waals surface area contributed by atoms with Gasteiger partial charge in [0.15, 0.2) is 5.96 Å². The normalized spacial score (nSPS) is 24.1. The minimum Gasteiger partial charge on any atom is -0.354 e. The number of benzene rings is 1. The van der Waals surface area contributed by atoms with Gasteiger partial charge in [0.25, 0.3) is 0 Å². The van der Waals surface area contributed by atoms with E-state index in [1.807, 2.05) is 30.3 Å². The van der Waals surface area contributed by atoms with Gasteiger partial charge in [0.2, 0.25) is 0 Å². The number of hydrogen-bond donors (Lipinski definition) is 2. The van der Waals surface area contributed by atoms with Crippen molar-refractivity contribution in [3.63, 3.8) is 0 Å². The molecule has 0 aliphatic carbocycles.